The van der Waals surface area contributed by atoms with Crippen LogP contribution >= 0.6 is 0 Å². The van der Waals surface area contributed by atoms with Crippen LogP contribution in [0.1, 0.15) is 44.7 Å². The van der Waals surface area contributed by atoms with Gasteiger partial charge in [-0.05, 0) is 12.8 Å². The van der Waals surface area contributed by atoms with Gasteiger partial charge in [0.2, 0.25) is 0 Å². The molecule has 2 atom stereocenters. The molecular weight excluding hydrogens is 218 g/mol. The molecule has 0 saturated carbocycles. The number of aliphatic carboxylic acids is 1. The van der Waals surface area contributed by atoms with Gasteiger partial charge in [-0.15, -0.1) is 0 Å². The van der Waals surface area contributed by atoms with Crippen molar-refractivity contribution in [3.63, 3.8) is 0 Å². The standard InChI is InChI=1S/C12H21N3O2/c1-3-5-15-8-14-7-11(15)9(6-12(16)17)10(13)4-2/h7-10H,3-6,13H2,1-2H3,(H,16,17). The minimum atomic E-state index is -0.817. The summed E-state index contributed by atoms with van der Waals surface area (Å²) in [5, 5.41) is 8.96. The molecule has 0 bridgehead atoms. The van der Waals surface area contributed by atoms with Crippen LogP contribution in [0.25, 0.3) is 0 Å². The van der Waals surface area contributed by atoms with Crippen molar-refractivity contribution in [3.05, 3.63) is 18.2 Å². The molecule has 2 unspecified atom stereocenters. The van der Waals surface area contributed by atoms with Crippen LogP contribution in [0.5, 0.6) is 0 Å². The fourth-order valence-corrected chi connectivity index (χ4v) is 2.02. The van der Waals surface area contributed by atoms with Crippen molar-refractivity contribution in [1.29, 1.82) is 0 Å². The van der Waals surface area contributed by atoms with Crippen LogP contribution in [0, 0.1) is 0 Å². The smallest absolute Gasteiger partial charge is 0.304 e. The average molecular weight is 239 g/mol. The summed E-state index contributed by atoms with van der Waals surface area (Å²) in [5.74, 6) is -0.977. The molecule has 1 aromatic heterocycles. The SMILES string of the molecule is CCCn1cncc1C(CC(=O)O)C(N)CC. The Hall–Kier alpha value is -1.36. The van der Waals surface area contributed by atoms with Crippen LogP contribution in [0.4, 0.5) is 0 Å². The van der Waals surface area contributed by atoms with Gasteiger partial charge in [0.05, 0.1) is 12.7 Å². The molecule has 0 fully saturated rings. The highest BCUT2D eigenvalue weighted by atomic mass is 16.4. The maximum atomic E-state index is 10.9. The van der Waals surface area contributed by atoms with Gasteiger partial charge in [0.1, 0.15) is 0 Å². The molecule has 0 aliphatic carbocycles. The van der Waals surface area contributed by atoms with Gasteiger partial charge in [0, 0.05) is 30.4 Å². The van der Waals surface area contributed by atoms with Crippen LogP contribution in [0.2, 0.25) is 0 Å². The molecule has 1 heterocycles. The van der Waals surface area contributed by atoms with Crippen molar-refractivity contribution >= 4 is 5.97 Å². The first-order valence-corrected chi connectivity index (χ1v) is 6.07. The summed E-state index contributed by atoms with van der Waals surface area (Å²) < 4.78 is 2.00. The zero-order valence-electron chi connectivity index (χ0n) is 10.5. The molecule has 17 heavy (non-hydrogen) atoms. The molecule has 96 valence electrons. The minimum Gasteiger partial charge on any atom is -0.481 e. The maximum absolute atomic E-state index is 10.9. The highest BCUT2D eigenvalue weighted by Gasteiger charge is 2.24. The molecule has 0 amide bonds. The first-order valence-electron chi connectivity index (χ1n) is 6.07. The lowest BCUT2D eigenvalue weighted by atomic mass is 9.91. The maximum Gasteiger partial charge on any atom is 0.304 e. The van der Waals surface area contributed by atoms with Crippen molar-refractivity contribution < 1.29 is 9.90 Å². The molecule has 1 aromatic rings. The van der Waals surface area contributed by atoms with E-state index in [0.717, 1.165) is 25.1 Å². The second kappa shape index (κ2) is 6.39. The lowest BCUT2D eigenvalue weighted by molar-refractivity contribution is -0.137. The summed E-state index contributed by atoms with van der Waals surface area (Å²) >= 11 is 0. The number of aryl methyl sites for hydroxylation is 1. The molecule has 3 N–H and O–H groups in total. The number of carbonyl (C=O) groups is 1. The largest absolute Gasteiger partial charge is 0.481 e. The monoisotopic (exact) mass is 239 g/mol. The molecule has 5 heteroatoms. The van der Waals surface area contributed by atoms with E-state index < -0.39 is 5.97 Å². The van der Waals surface area contributed by atoms with E-state index in [2.05, 4.69) is 11.9 Å². The fourth-order valence-electron chi connectivity index (χ4n) is 2.02. The van der Waals surface area contributed by atoms with Crippen LogP contribution in [-0.4, -0.2) is 26.7 Å². The lowest BCUT2D eigenvalue weighted by Gasteiger charge is -2.22. The Balaban J connectivity index is 2.94. The molecule has 0 saturated heterocycles. The predicted molar refractivity (Wildman–Crippen MR) is 65.8 cm³/mol. The summed E-state index contributed by atoms with van der Waals surface area (Å²) in [4.78, 5) is 15.0. The number of hydrogen-bond donors (Lipinski definition) is 2. The van der Waals surface area contributed by atoms with Crippen molar-refractivity contribution in [2.24, 2.45) is 5.73 Å². The molecule has 1 rings (SSSR count). The van der Waals surface area contributed by atoms with Gasteiger partial charge < -0.3 is 15.4 Å². The summed E-state index contributed by atoms with van der Waals surface area (Å²) in [6, 6.07) is -0.140. The number of hydrogen-bond acceptors (Lipinski definition) is 3. The summed E-state index contributed by atoms with van der Waals surface area (Å²) in [7, 11) is 0. The van der Waals surface area contributed by atoms with Gasteiger partial charge in [-0.25, -0.2) is 4.98 Å². The first-order chi connectivity index (χ1) is 8.10. The normalized spacial score (nSPS) is 14.5. The molecule has 0 aliphatic rings. The molecule has 0 aliphatic heterocycles. The number of rotatable bonds is 7. The molecule has 0 spiro atoms. The number of imidazole rings is 1. The van der Waals surface area contributed by atoms with Crippen LogP contribution in [0.3, 0.4) is 0 Å². The Morgan fingerprint density at radius 1 is 1.59 bits per heavy atom. The van der Waals surface area contributed by atoms with E-state index in [1.807, 2.05) is 11.5 Å². The zero-order chi connectivity index (χ0) is 12.8. The summed E-state index contributed by atoms with van der Waals surface area (Å²) in [6.07, 6.45) is 5.29. The molecule has 5 nitrogen and oxygen atoms in total. The quantitative estimate of drug-likeness (QED) is 0.757. The van der Waals surface area contributed by atoms with Crippen LogP contribution in [0.15, 0.2) is 12.5 Å². The minimum absolute atomic E-state index is 0.0599. The van der Waals surface area contributed by atoms with Gasteiger partial charge in [0.25, 0.3) is 0 Å². The number of nitrogens with two attached hydrogens (primary N) is 1. The zero-order valence-corrected chi connectivity index (χ0v) is 10.5. The summed E-state index contributed by atoms with van der Waals surface area (Å²) in [5.41, 5.74) is 6.95. The Bertz CT molecular complexity index is 362. The average Bonchev–Trinajstić information content (AvgIpc) is 2.73. The van der Waals surface area contributed by atoms with E-state index in [9.17, 15) is 4.79 Å². The summed E-state index contributed by atoms with van der Waals surface area (Å²) in [6.45, 7) is 4.90. The van der Waals surface area contributed by atoms with Crippen LogP contribution in [-0.2, 0) is 11.3 Å². The number of aromatic nitrogens is 2. The first kappa shape index (κ1) is 13.7. The molecular formula is C12H21N3O2. The lowest BCUT2D eigenvalue weighted by Crippen LogP contribution is -2.30. The van der Waals surface area contributed by atoms with Crippen LogP contribution < -0.4 is 5.73 Å². The van der Waals surface area contributed by atoms with E-state index in [1.165, 1.54) is 0 Å². The third kappa shape index (κ3) is 3.56. The van der Waals surface area contributed by atoms with Crippen molar-refractivity contribution in [1.82, 2.24) is 9.55 Å². The van der Waals surface area contributed by atoms with Crippen molar-refractivity contribution in [2.75, 3.05) is 0 Å². The van der Waals surface area contributed by atoms with Crippen molar-refractivity contribution in [2.45, 2.75) is 51.6 Å². The second-order valence-electron chi connectivity index (χ2n) is 4.29. The van der Waals surface area contributed by atoms with E-state index in [4.69, 9.17) is 10.8 Å². The number of carboxylic acids is 1. The van der Waals surface area contributed by atoms with E-state index in [1.54, 1.807) is 12.5 Å². The fraction of sp³-hybridized carbons (Fsp3) is 0.667. The Kier molecular flexibility index (Phi) is 5.15. The Morgan fingerprint density at radius 3 is 2.82 bits per heavy atom. The molecule has 0 radical (unpaired) electrons. The number of carboxylic acid groups (broad SMARTS) is 1. The van der Waals surface area contributed by atoms with Gasteiger partial charge in [-0.3, -0.25) is 4.79 Å². The van der Waals surface area contributed by atoms with Gasteiger partial charge >= 0.3 is 5.97 Å². The predicted octanol–water partition coefficient (Wildman–Crippen LogP) is 1.59. The highest BCUT2D eigenvalue weighted by Crippen LogP contribution is 2.24. The van der Waals surface area contributed by atoms with Gasteiger partial charge in [-0.1, -0.05) is 13.8 Å². The van der Waals surface area contributed by atoms with Gasteiger partial charge in [-0.2, -0.15) is 0 Å². The van der Waals surface area contributed by atoms with Crippen molar-refractivity contribution in [3.8, 4) is 0 Å². The third-order valence-electron chi connectivity index (χ3n) is 2.97. The second-order valence-corrected chi connectivity index (χ2v) is 4.29. The van der Waals surface area contributed by atoms with E-state index in [0.29, 0.717) is 0 Å². The highest BCUT2D eigenvalue weighted by molar-refractivity contribution is 5.68. The molecule has 0 aromatic carbocycles. The van der Waals surface area contributed by atoms with Gasteiger partial charge in [0.15, 0.2) is 0 Å². The topological polar surface area (TPSA) is 81.1 Å². The Morgan fingerprint density at radius 2 is 2.29 bits per heavy atom. The Labute approximate surface area is 102 Å². The van der Waals surface area contributed by atoms with E-state index in [-0.39, 0.29) is 18.4 Å². The number of nitrogens with zero attached hydrogens (tertiary/aromatic N) is 2. The van der Waals surface area contributed by atoms with E-state index >= 15 is 0 Å². The third-order valence-corrected chi connectivity index (χ3v) is 2.97.